The van der Waals surface area contributed by atoms with E-state index in [1.54, 1.807) is 7.11 Å². The Balaban J connectivity index is 2.44. The van der Waals surface area contributed by atoms with Crippen LogP contribution in [0.3, 0.4) is 0 Å². The molecule has 5 heteroatoms. The number of rotatable bonds is 3. The Kier molecular flexibility index (Phi) is 4.90. The van der Waals surface area contributed by atoms with Crippen LogP contribution < -0.4 is 10.5 Å². The molecule has 2 nitrogen and oxygen atoms in total. The van der Waals surface area contributed by atoms with E-state index in [1.807, 2.05) is 36.4 Å². The molecule has 0 aromatic heterocycles. The summed E-state index contributed by atoms with van der Waals surface area (Å²) in [6.45, 7) is 0. The van der Waals surface area contributed by atoms with Gasteiger partial charge in [-0.2, -0.15) is 0 Å². The van der Waals surface area contributed by atoms with Crippen molar-refractivity contribution in [3.8, 4) is 5.75 Å². The molecule has 0 heterocycles. The fraction of sp³-hybridized carbons (Fsp3) is 0.143. The highest BCUT2D eigenvalue weighted by Gasteiger charge is 2.16. The number of methoxy groups -OCH3 is 1. The molecule has 2 N–H and O–H groups in total. The minimum atomic E-state index is -0.301. The van der Waals surface area contributed by atoms with E-state index in [2.05, 4.69) is 31.9 Å². The van der Waals surface area contributed by atoms with E-state index in [-0.39, 0.29) is 6.04 Å². The molecule has 0 saturated heterocycles. The van der Waals surface area contributed by atoms with Crippen LogP contribution >= 0.6 is 43.5 Å². The summed E-state index contributed by atoms with van der Waals surface area (Å²) in [5.74, 6) is 0.781. The van der Waals surface area contributed by atoms with Crippen LogP contribution in [-0.2, 0) is 0 Å². The summed E-state index contributed by atoms with van der Waals surface area (Å²) in [5.41, 5.74) is 8.14. The molecule has 1 atom stereocenters. The molecule has 2 rings (SSSR count). The van der Waals surface area contributed by atoms with Gasteiger partial charge in [0.1, 0.15) is 5.75 Å². The summed E-state index contributed by atoms with van der Waals surface area (Å²) in [6, 6.07) is 11.1. The standard InChI is InChI=1S/C14H12Br2ClNO/c1-19-8-5-6-9(12(16)7-8)14(18)10-3-2-4-11(15)13(10)17/h2-7,14H,18H2,1H3. The molecule has 0 amide bonds. The Labute approximate surface area is 134 Å². The van der Waals surface area contributed by atoms with Crippen molar-refractivity contribution in [3.05, 3.63) is 61.5 Å². The number of nitrogens with two attached hydrogens (primary N) is 1. The van der Waals surface area contributed by atoms with E-state index in [9.17, 15) is 0 Å². The molecule has 2 aromatic rings. The van der Waals surface area contributed by atoms with Crippen LogP contribution in [0.25, 0.3) is 0 Å². The van der Waals surface area contributed by atoms with E-state index in [1.165, 1.54) is 0 Å². The fourth-order valence-electron chi connectivity index (χ4n) is 1.82. The van der Waals surface area contributed by atoms with E-state index in [4.69, 9.17) is 22.1 Å². The summed E-state index contributed by atoms with van der Waals surface area (Å²) in [4.78, 5) is 0. The average Bonchev–Trinajstić information content (AvgIpc) is 2.41. The van der Waals surface area contributed by atoms with Gasteiger partial charge in [-0.3, -0.25) is 0 Å². The van der Waals surface area contributed by atoms with Crippen LogP contribution in [0.1, 0.15) is 17.2 Å². The van der Waals surface area contributed by atoms with Gasteiger partial charge in [0.25, 0.3) is 0 Å². The molecule has 1 unspecified atom stereocenters. The summed E-state index contributed by atoms with van der Waals surface area (Å²) in [5, 5.41) is 0.637. The molecule has 0 fully saturated rings. The number of ether oxygens (including phenoxy) is 1. The topological polar surface area (TPSA) is 35.2 Å². The van der Waals surface area contributed by atoms with Crippen LogP contribution in [-0.4, -0.2) is 7.11 Å². The monoisotopic (exact) mass is 403 g/mol. The van der Waals surface area contributed by atoms with Gasteiger partial charge in [0.2, 0.25) is 0 Å². The Hall–Kier alpha value is -0.550. The van der Waals surface area contributed by atoms with Gasteiger partial charge in [0, 0.05) is 8.95 Å². The maximum absolute atomic E-state index is 6.30. The zero-order valence-corrected chi connectivity index (χ0v) is 14.1. The minimum Gasteiger partial charge on any atom is -0.497 e. The molecule has 100 valence electrons. The van der Waals surface area contributed by atoms with E-state index in [0.717, 1.165) is 25.8 Å². The van der Waals surface area contributed by atoms with Crippen LogP contribution in [0.2, 0.25) is 5.02 Å². The summed E-state index contributed by atoms with van der Waals surface area (Å²) >= 11 is 13.2. The minimum absolute atomic E-state index is 0.301. The first-order valence-electron chi connectivity index (χ1n) is 5.57. The second-order valence-corrected chi connectivity index (χ2v) is 6.09. The largest absolute Gasteiger partial charge is 0.497 e. The lowest BCUT2D eigenvalue weighted by Crippen LogP contribution is -2.13. The lowest BCUT2D eigenvalue weighted by Gasteiger charge is -2.17. The second-order valence-electron chi connectivity index (χ2n) is 4.01. The quantitative estimate of drug-likeness (QED) is 0.787. The molecule has 0 spiro atoms. The number of hydrogen-bond donors (Lipinski definition) is 1. The first-order valence-corrected chi connectivity index (χ1v) is 7.54. The Morgan fingerprint density at radius 1 is 1.11 bits per heavy atom. The maximum atomic E-state index is 6.30. The molecule has 0 saturated carbocycles. The number of halogens is 3. The smallest absolute Gasteiger partial charge is 0.120 e. The summed E-state index contributed by atoms with van der Waals surface area (Å²) < 4.78 is 6.91. The van der Waals surface area contributed by atoms with E-state index in [0.29, 0.717) is 5.02 Å². The highest BCUT2D eigenvalue weighted by atomic mass is 79.9. The molecule has 0 aliphatic carbocycles. The van der Waals surface area contributed by atoms with E-state index >= 15 is 0 Å². The molecular formula is C14H12Br2ClNO. The van der Waals surface area contributed by atoms with Crippen molar-refractivity contribution in [3.63, 3.8) is 0 Å². The first kappa shape index (κ1) is 14.9. The van der Waals surface area contributed by atoms with Gasteiger partial charge in [-0.25, -0.2) is 0 Å². The first-order chi connectivity index (χ1) is 9.04. The van der Waals surface area contributed by atoms with Gasteiger partial charge in [-0.1, -0.05) is 45.7 Å². The van der Waals surface area contributed by atoms with Crippen molar-refractivity contribution < 1.29 is 4.74 Å². The van der Waals surface area contributed by atoms with E-state index < -0.39 is 0 Å². The molecule has 2 aromatic carbocycles. The lowest BCUT2D eigenvalue weighted by atomic mass is 9.99. The molecule has 19 heavy (non-hydrogen) atoms. The molecular weight excluding hydrogens is 393 g/mol. The van der Waals surface area contributed by atoms with Crippen molar-refractivity contribution in [2.75, 3.05) is 7.11 Å². The Morgan fingerprint density at radius 2 is 1.84 bits per heavy atom. The zero-order chi connectivity index (χ0) is 14.0. The second kappa shape index (κ2) is 6.27. The highest BCUT2D eigenvalue weighted by Crippen LogP contribution is 2.35. The predicted octanol–water partition coefficient (Wildman–Crippen LogP) is 4.92. The van der Waals surface area contributed by atoms with Crippen molar-refractivity contribution in [2.24, 2.45) is 5.73 Å². The third kappa shape index (κ3) is 3.14. The van der Waals surface area contributed by atoms with Crippen molar-refractivity contribution in [1.82, 2.24) is 0 Å². The predicted molar refractivity (Wildman–Crippen MR) is 85.9 cm³/mol. The van der Waals surface area contributed by atoms with Gasteiger partial charge in [0.05, 0.1) is 18.2 Å². The van der Waals surface area contributed by atoms with Crippen LogP contribution in [0.4, 0.5) is 0 Å². The highest BCUT2D eigenvalue weighted by molar-refractivity contribution is 9.10. The third-order valence-corrected chi connectivity index (χ3v) is 4.86. The van der Waals surface area contributed by atoms with Gasteiger partial charge in [0.15, 0.2) is 0 Å². The van der Waals surface area contributed by atoms with Crippen molar-refractivity contribution >= 4 is 43.5 Å². The van der Waals surface area contributed by atoms with Crippen molar-refractivity contribution in [1.29, 1.82) is 0 Å². The summed E-state index contributed by atoms with van der Waals surface area (Å²) in [6.07, 6.45) is 0. The van der Waals surface area contributed by atoms with Crippen molar-refractivity contribution in [2.45, 2.75) is 6.04 Å². The molecule has 0 bridgehead atoms. The normalized spacial score (nSPS) is 12.3. The summed E-state index contributed by atoms with van der Waals surface area (Å²) in [7, 11) is 1.63. The number of benzene rings is 2. The molecule has 0 aliphatic rings. The number of hydrogen-bond acceptors (Lipinski definition) is 2. The molecule has 0 radical (unpaired) electrons. The van der Waals surface area contributed by atoms with Gasteiger partial charge < -0.3 is 10.5 Å². The zero-order valence-electron chi connectivity index (χ0n) is 10.2. The Bertz CT molecular complexity index is 604. The Morgan fingerprint density at radius 3 is 2.47 bits per heavy atom. The van der Waals surface area contributed by atoms with Crippen LogP contribution in [0.15, 0.2) is 45.3 Å². The SMILES string of the molecule is COc1ccc(C(N)c2cccc(Br)c2Cl)c(Br)c1. The third-order valence-electron chi connectivity index (χ3n) is 2.86. The lowest BCUT2D eigenvalue weighted by molar-refractivity contribution is 0.414. The maximum Gasteiger partial charge on any atom is 0.120 e. The van der Waals surface area contributed by atoms with Gasteiger partial charge >= 0.3 is 0 Å². The van der Waals surface area contributed by atoms with Crippen LogP contribution in [0.5, 0.6) is 5.75 Å². The fourth-order valence-corrected chi connectivity index (χ4v) is 3.04. The average molecular weight is 406 g/mol. The molecule has 0 aliphatic heterocycles. The van der Waals surface area contributed by atoms with Crippen LogP contribution in [0, 0.1) is 0 Å². The van der Waals surface area contributed by atoms with Gasteiger partial charge in [-0.15, -0.1) is 0 Å². The van der Waals surface area contributed by atoms with Gasteiger partial charge in [-0.05, 0) is 45.3 Å².